The van der Waals surface area contributed by atoms with Gasteiger partial charge in [-0.2, -0.15) is 5.10 Å². The number of morpholine rings is 1. The number of rotatable bonds is 5. The number of thiophene rings is 1. The van der Waals surface area contributed by atoms with Crippen molar-refractivity contribution in [1.29, 1.82) is 0 Å². The normalized spacial score (nSPS) is 24.5. The van der Waals surface area contributed by atoms with Gasteiger partial charge in [0.25, 0.3) is 0 Å². The molecule has 0 amide bonds. The number of fused-ring (bicyclic) bond motifs is 3. The van der Waals surface area contributed by atoms with Crippen molar-refractivity contribution in [2.45, 2.75) is 63.6 Å². The van der Waals surface area contributed by atoms with Crippen LogP contribution >= 0.6 is 11.3 Å². The average molecular weight is 439 g/mol. The molecule has 0 bridgehead atoms. The fourth-order valence-corrected chi connectivity index (χ4v) is 6.70. The fourth-order valence-electron chi connectivity index (χ4n) is 5.42. The zero-order valence-corrected chi connectivity index (χ0v) is 18.7. The minimum Gasteiger partial charge on any atom is -0.379 e. The Kier molecular flexibility index (Phi) is 5.37. The minimum atomic E-state index is 0.347. The van der Waals surface area contributed by atoms with Crippen molar-refractivity contribution >= 4 is 27.4 Å². The maximum absolute atomic E-state index is 5.52. The van der Waals surface area contributed by atoms with E-state index in [0.717, 1.165) is 68.6 Å². The van der Waals surface area contributed by atoms with Crippen LogP contribution in [0, 0.1) is 0 Å². The highest BCUT2D eigenvalue weighted by Crippen LogP contribution is 2.41. The number of hydrogen-bond donors (Lipinski definition) is 1. The molecule has 0 aromatic carbocycles. The lowest BCUT2D eigenvalue weighted by molar-refractivity contribution is 0.0331. The molecule has 3 aromatic heterocycles. The Hall–Kier alpha value is -2.03. The van der Waals surface area contributed by atoms with E-state index in [1.807, 2.05) is 23.6 Å². The Bertz CT molecular complexity index is 1040. The van der Waals surface area contributed by atoms with Crippen molar-refractivity contribution in [1.82, 2.24) is 24.6 Å². The summed E-state index contributed by atoms with van der Waals surface area (Å²) in [6.45, 7) is 4.30. The minimum absolute atomic E-state index is 0.347. The van der Waals surface area contributed by atoms with Crippen LogP contribution in [0.15, 0.2) is 18.5 Å². The molecule has 1 N–H and O–H groups in total. The zero-order chi connectivity index (χ0) is 20.6. The molecule has 2 aliphatic carbocycles. The molecule has 3 aliphatic rings. The SMILES string of the molecule is c1cnn([C@H]2CCCC[C@H]2Nc2nc(CN3CCOCC3)nc3sc4c(c23)CCC4)c1. The number of aromatic nitrogens is 4. The van der Waals surface area contributed by atoms with E-state index in [4.69, 9.17) is 14.7 Å². The molecule has 0 radical (unpaired) electrons. The summed E-state index contributed by atoms with van der Waals surface area (Å²) in [4.78, 5) is 15.2. The lowest BCUT2D eigenvalue weighted by Crippen LogP contribution is -2.36. The van der Waals surface area contributed by atoms with Gasteiger partial charge >= 0.3 is 0 Å². The number of aryl methyl sites for hydroxylation is 2. The first-order valence-electron chi connectivity index (χ1n) is 11.7. The first kappa shape index (κ1) is 19.6. The van der Waals surface area contributed by atoms with Crippen molar-refractivity contribution in [2.75, 3.05) is 31.6 Å². The van der Waals surface area contributed by atoms with Gasteiger partial charge in [0.15, 0.2) is 0 Å². The maximum atomic E-state index is 5.52. The molecular weight excluding hydrogens is 408 g/mol. The molecule has 0 unspecified atom stereocenters. The highest BCUT2D eigenvalue weighted by atomic mass is 32.1. The molecule has 1 saturated heterocycles. The highest BCUT2D eigenvalue weighted by Gasteiger charge is 2.30. The van der Waals surface area contributed by atoms with E-state index in [1.165, 1.54) is 41.5 Å². The van der Waals surface area contributed by atoms with E-state index in [2.05, 4.69) is 26.2 Å². The molecular formula is C23H30N6OS. The quantitative estimate of drug-likeness (QED) is 0.653. The third-order valence-electron chi connectivity index (χ3n) is 7.00. The predicted molar refractivity (Wildman–Crippen MR) is 123 cm³/mol. The van der Waals surface area contributed by atoms with Crippen molar-refractivity contribution in [3.05, 3.63) is 34.7 Å². The summed E-state index contributed by atoms with van der Waals surface area (Å²) in [5, 5.41) is 9.76. The van der Waals surface area contributed by atoms with Gasteiger partial charge in [-0.3, -0.25) is 9.58 Å². The topological polar surface area (TPSA) is 68.1 Å². The second-order valence-electron chi connectivity index (χ2n) is 9.00. The molecule has 164 valence electrons. The maximum Gasteiger partial charge on any atom is 0.146 e. The molecule has 8 heteroatoms. The summed E-state index contributed by atoms with van der Waals surface area (Å²) in [7, 11) is 0. The van der Waals surface area contributed by atoms with Gasteiger partial charge in [-0.05, 0) is 43.7 Å². The molecule has 4 heterocycles. The molecule has 1 saturated carbocycles. The molecule has 3 aromatic rings. The van der Waals surface area contributed by atoms with Crippen LogP contribution in [0.3, 0.4) is 0 Å². The van der Waals surface area contributed by atoms with Crippen LogP contribution in [-0.4, -0.2) is 57.0 Å². The van der Waals surface area contributed by atoms with Crippen LogP contribution in [0.4, 0.5) is 5.82 Å². The molecule has 0 spiro atoms. The Morgan fingerprint density at radius 3 is 2.87 bits per heavy atom. The molecule has 1 aliphatic heterocycles. The van der Waals surface area contributed by atoms with Gasteiger partial charge in [-0.15, -0.1) is 11.3 Å². The zero-order valence-electron chi connectivity index (χ0n) is 17.9. The van der Waals surface area contributed by atoms with Crippen LogP contribution in [0.25, 0.3) is 10.2 Å². The first-order chi connectivity index (χ1) is 15.3. The standard InChI is InChI=1S/C23H30N6OS/c1-2-7-18(29-10-4-9-24-29)17(6-1)25-22-21-16-5-3-8-19(16)31-23(21)27-20(26-22)15-28-11-13-30-14-12-28/h4,9-10,17-18H,1-3,5-8,11-15H2,(H,25,26,27)/t17-,18+/m1/s1. The lowest BCUT2D eigenvalue weighted by Gasteiger charge is -2.33. The van der Waals surface area contributed by atoms with E-state index < -0.39 is 0 Å². The average Bonchev–Trinajstić information content (AvgIpc) is 3.52. The second kappa shape index (κ2) is 8.48. The first-order valence-corrected chi connectivity index (χ1v) is 12.5. The smallest absolute Gasteiger partial charge is 0.146 e. The van der Waals surface area contributed by atoms with E-state index >= 15 is 0 Å². The molecule has 2 atom stereocenters. The summed E-state index contributed by atoms with van der Waals surface area (Å²) in [6.07, 6.45) is 12.4. The molecule has 31 heavy (non-hydrogen) atoms. The number of nitrogens with one attached hydrogen (secondary N) is 1. The highest BCUT2D eigenvalue weighted by molar-refractivity contribution is 7.19. The van der Waals surface area contributed by atoms with Gasteiger partial charge in [-0.1, -0.05) is 12.8 Å². The van der Waals surface area contributed by atoms with Gasteiger partial charge < -0.3 is 10.1 Å². The fraction of sp³-hybridized carbons (Fsp3) is 0.609. The summed E-state index contributed by atoms with van der Waals surface area (Å²) < 4.78 is 7.66. The van der Waals surface area contributed by atoms with Gasteiger partial charge in [0.05, 0.1) is 31.2 Å². The number of anilines is 1. The summed E-state index contributed by atoms with van der Waals surface area (Å²) in [5.41, 5.74) is 1.49. The summed E-state index contributed by atoms with van der Waals surface area (Å²) in [6, 6.07) is 2.75. The van der Waals surface area contributed by atoms with Crippen molar-refractivity contribution < 1.29 is 4.74 Å². The van der Waals surface area contributed by atoms with Gasteiger partial charge in [-0.25, -0.2) is 9.97 Å². The van der Waals surface area contributed by atoms with E-state index in [0.29, 0.717) is 12.1 Å². The van der Waals surface area contributed by atoms with Crippen LogP contribution in [0.1, 0.15) is 54.4 Å². The Morgan fingerprint density at radius 1 is 1.10 bits per heavy atom. The molecule has 6 rings (SSSR count). The van der Waals surface area contributed by atoms with Crippen LogP contribution in [-0.2, 0) is 24.1 Å². The Balaban J connectivity index is 1.35. The third kappa shape index (κ3) is 3.85. The second-order valence-corrected chi connectivity index (χ2v) is 10.1. The van der Waals surface area contributed by atoms with Crippen molar-refractivity contribution in [3.63, 3.8) is 0 Å². The third-order valence-corrected chi connectivity index (χ3v) is 8.18. The predicted octanol–water partition coefficient (Wildman–Crippen LogP) is 3.80. The van der Waals surface area contributed by atoms with Crippen molar-refractivity contribution in [3.8, 4) is 0 Å². The monoisotopic (exact) mass is 438 g/mol. The van der Waals surface area contributed by atoms with Gasteiger partial charge in [0.1, 0.15) is 16.5 Å². The molecule has 7 nitrogen and oxygen atoms in total. The van der Waals surface area contributed by atoms with E-state index in [1.54, 1.807) is 0 Å². The van der Waals surface area contributed by atoms with Crippen LogP contribution in [0.5, 0.6) is 0 Å². The van der Waals surface area contributed by atoms with E-state index in [-0.39, 0.29) is 0 Å². The van der Waals surface area contributed by atoms with E-state index in [9.17, 15) is 0 Å². The summed E-state index contributed by atoms with van der Waals surface area (Å²) >= 11 is 1.89. The largest absolute Gasteiger partial charge is 0.379 e. The van der Waals surface area contributed by atoms with Crippen LogP contribution in [0.2, 0.25) is 0 Å². The Labute approximate surface area is 186 Å². The number of ether oxygens (including phenoxy) is 1. The van der Waals surface area contributed by atoms with Crippen LogP contribution < -0.4 is 5.32 Å². The number of hydrogen-bond acceptors (Lipinski definition) is 7. The van der Waals surface area contributed by atoms with Gasteiger partial charge in [0.2, 0.25) is 0 Å². The lowest BCUT2D eigenvalue weighted by atomic mass is 9.90. The molecule has 2 fully saturated rings. The Morgan fingerprint density at radius 2 is 2.00 bits per heavy atom. The van der Waals surface area contributed by atoms with Gasteiger partial charge in [0, 0.05) is 36.4 Å². The van der Waals surface area contributed by atoms with Crippen molar-refractivity contribution in [2.24, 2.45) is 0 Å². The summed E-state index contributed by atoms with van der Waals surface area (Å²) in [5.74, 6) is 1.99. The number of nitrogens with zero attached hydrogens (tertiary/aromatic N) is 5.